The predicted molar refractivity (Wildman–Crippen MR) is 95.7 cm³/mol. The standard InChI is InChI=1S/C17H24N4O2S/c1-17(2)9-12-13(10-23-17)24-16-14(12)15(19-11-20-16)18-3-4-21-5-7-22-8-6-21/h11H,3-10H2,1-2H3,(H,18,19,20). The van der Waals surface area contributed by atoms with E-state index in [1.807, 2.05) is 0 Å². The number of nitrogens with zero attached hydrogens (tertiary/aromatic N) is 3. The molecule has 6 nitrogen and oxygen atoms in total. The van der Waals surface area contributed by atoms with Crippen molar-refractivity contribution in [3.8, 4) is 0 Å². The second kappa shape index (κ2) is 6.55. The van der Waals surface area contributed by atoms with Crippen molar-refractivity contribution in [1.29, 1.82) is 0 Å². The van der Waals surface area contributed by atoms with Gasteiger partial charge in [0.05, 0.1) is 30.8 Å². The molecule has 0 radical (unpaired) electrons. The first kappa shape index (κ1) is 16.2. The number of anilines is 1. The summed E-state index contributed by atoms with van der Waals surface area (Å²) >= 11 is 1.73. The van der Waals surface area contributed by atoms with Crippen molar-refractivity contribution in [3.63, 3.8) is 0 Å². The second-order valence-electron chi connectivity index (χ2n) is 7.01. The molecule has 2 aromatic rings. The van der Waals surface area contributed by atoms with Gasteiger partial charge in [-0.15, -0.1) is 11.3 Å². The SMILES string of the molecule is CC1(C)Cc2c(sc3ncnc(NCCN4CCOCC4)c23)CO1. The second-order valence-corrected chi connectivity index (χ2v) is 8.10. The molecule has 0 atom stereocenters. The van der Waals surface area contributed by atoms with Crippen molar-refractivity contribution in [3.05, 3.63) is 16.8 Å². The molecule has 1 fully saturated rings. The first-order chi connectivity index (χ1) is 11.6. The first-order valence-corrected chi connectivity index (χ1v) is 9.37. The molecule has 0 amide bonds. The van der Waals surface area contributed by atoms with Gasteiger partial charge >= 0.3 is 0 Å². The highest BCUT2D eigenvalue weighted by Crippen LogP contribution is 2.40. The maximum absolute atomic E-state index is 5.94. The van der Waals surface area contributed by atoms with Crippen molar-refractivity contribution >= 4 is 27.4 Å². The van der Waals surface area contributed by atoms with Gasteiger partial charge in [0.25, 0.3) is 0 Å². The molecule has 1 saturated heterocycles. The van der Waals surface area contributed by atoms with E-state index >= 15 is 0 Å². The van der Waals surface area contributed by atoms with Crippen LogP contribution >= 0.6 is 11.3 Å². The molecular weight excluding hydrogens is 324 g/mol. The quantitative estimate of drug-likeness (QED) is 0.915. The lowest BCUT2D eigenvalue weighted by molar-refractivity contribution is -0.0379. The molecule has 2 aliphatic rings. The fraction of sp³-hybridized carbons (Fsp3) is 0.647. The normalized spacial score (nSPS) is 20.9. The van der Waals surface area contributed by atoms with E-state index in [-0.39, 0.29) is 5.60 Å². The van der Waals surface area contributed by atoms with Crippen LogP contribution in [-0.4, -0.2) is 59.9 Å². The summed E-state index contributed by atoms with van der Waals surface area (Å²) in [6.45, 7) is 10.6. The minimum Gasteiger partial charge on any atom is -0.379 e. The van der Waals surface area contributed by atoms with Gasteiger partial charge in [-0.3, -0.25) is 4.90 Å². The Hall–Kier alpha value is -1.28. The number of aromatic nitrogens is 2. The van der Waals surface area contributed by atoms with E-state index in [0.717, 1.165) is 56.5 Å². The van der Waals surface area contributed by atoms with Gasteiger partial charge in [0.15, 0.2) is 0 Å². The average molecular weight is 348 g/mol. The smallest absolute Gasteiger partial charge is 0.138 e. The van der Waals surface area contributed by atoms with Gasteiger partial charge in [-0.25, -0.2) is 9.97 Å². The Labute approximate surface area is 146 Å². The lowest BCUT2D eigenvalue weighted by Gasteiger charge is -2.30. The molecule has 2 aromatic heterocycles. The molecule has 0 unspecified atom stereocenters. The van der Waals surface area contributed by atoms with Gasteiger partial charge in [0.2, 0.25) is 0 Å². The van der Waals surface area contributed by atoms with Gasteiger partial charge in [-0.1, -0.05) is 0 Å². The summed E-state index contributed by atoms with van der Waals surface area (Å²) in [5.41, 5.74) is 1.24. The van der Waals surface area contributed by atoms with Crippen LogP contribution in [0, 0.1) is 0 Å². The zero-order valence-electron chi connectivity index (χ0n) is 14.3. The van der Waals surface area contributed by atoms with Crippen LogP contribution in [0.4, 0.5) is 5.82 Å². The third-order valence-corrected chi connectivity index (χ3v) is 5.80. The minimum atomic E-state index is -0.123. The Balaban J connectivity index is 1.53. The van der Waals surface area contributed by atoms with E-state index in [4.69, 9.17) is 9.47 Å². The molecule has 130 valence electrons. The summed E-state index contributed by atoms with van der Waals surface area (Å²) in [4.78, 5) is 13.8. The Bertz CT molecular complexity index is 725. The Morgan fingerprint density at radius 3 is 2.96 bits per heavy atom. The van der Waals surface area contributed by atoms with Crippen molar-refractivity contribution in [2.45, 2.75) is 32.5 Å². The topological polar surface area (TPSA) is 59.5 Å². The van der Waals surface area contributed by atoms with Crippen LogP contribution in [0.2, 0.25) is 0 Å². The van der Waals surface area contributed by atoms with E-state index in [1.165, 1.54) is 15.8 Å². The molecular formula is C17H24N4O2S. The van der Waals surface area contributed by atoms with Gasteiger partial charge in [-0.2, -0.15) is 0 Å². The van der Waals surface area contributed by atoms with Crippen LogP contribution in [0.1, 0.15) is 24.3 Å². The summed E-state index contributed by atoms with van der Waals surface area (Å²) in [6, 6.07) is 0. The molecule has 7 heteroatoms. The first-order valence-electron chi connectivity index (χ1n) is 8.55. The number of morpholine rings is 1. The van der Waals surface area contributed by atoms with E-state index in [1.54, 1.807) is 17.7 Å². The Kier molecular flexibility index (Phi) is 4.42. The van der Waals surface area contributed by atoms with E-state index < -0.39 is 0 Å². The Morgan fingerprint density at radius 1 is 1.29 bits per heavy atom. The fourth-order valence-electron chi connectivity index (χ4n) is 3.37. The molecule has 2 aliphatic heterocycles. The third kappa shape index (κ3) is 3.26. The van der Waals surface area contributed by atoms with Crippen molar-refractivity contribution < 1.29 is 9.47 Å². The van der Waals surface area contributed by atoms with Crippen LogP contribution in [0.3, 0.4) is 0 Å². The maximum Gasteiger partial charge on any atom is 0.138 e. The summed E-state index contributed by atoms with van der Waals surface area (Å²) in [6.07, 6.45) is 2.57. The maximum atomic E-state index is 5.94. The predicted octanol–water partition coefficient (Wildman–Crippen LogP) is 2.29. The number of fused-ring (bicyclic) bond motifs is 3. The van der Waals surface area contributed by atoms with Crippen LogP contribution < -0.4 is 5.32 Å². The van der Waals surface area contributed by atoms with Crippen molar-refractivity contribution in [2.75, 3.05) is 44.7 Å². The van der Waals surface area contributed by atoms with Crippen LogP contribution in [0.15, 0.2) is 6.33 Å². The highest BCUT2D eigenvalue weighted by molar-refractivity contribution is 7.18. The van der Waals surface area contributed by atoms with Gasteiger partial charge in [0.1, 0.15) is 17.0 Å². The molecule has 4 heterocycles. The van der Waals surface area contributed by atoms with E-state index in [9.17, 15) is 0 Å². The minimum absolute atomic E-state index is 0.123. The number of hydrogen-bond acceptors (Lipinski definition) is 7. The molecule has 1 N–H and O–H groups in total. The molecule has 0 aromatic carbocycles. The highest BCUT2D eigenvalue weighted by Gasteiger charge is 2.30. The lowest BCUT2D eigenvalue weighted by Crippen LogP contribution is -2.39. The molecule has 0 aliphatic carbocycles. The molecule has 0 saturated carbocycles. The van der Waals surface area contributed by atoms with Gasteiger partial charge in [0, 0.05) is 37.5 Å². The summed E-state index contributed by atoms with van der Waals surface area (Å²) < 4.78 is 11.3. The molecule has 0 bridgehead atoms. The number of thiophene rings is 1. The van der Waals surface area contributed by atoms with Crippen molar-refractivity contribution in [1.82, 2.24) is 14.9 Å². The summed E-state index contributed by atoms with van der Waals surface area (Å²) in [5.74, 6) is 0.962. The van der Waals surface area contributed by atoms with Gasteiger partial charge in [-0.05, 0) is 19.4 Å². The molecule has 24 heavy (non-hydrogen) atoms. The third-order valence-electron chi connectivity index (χ3n) is 4.69. The van der Waals surface area contributed by atoms with Crippen LogP contribution in [-0.2, 0) is 22.5 Å². The van der Waals surface area contributed by atoms with E-state index in [0.29, 0.717) is 6.61 Å². The number of rotatable bonds is 4. The molecule has 0 spiro atoms. The zero-order chi connectivity index (χ0) is 16.6. The van der Waals surface area contributed by atoms with Crippen molar-refractivity contribution in [2.24, 2.45) is 0 Å². The zero-order valence-corrected chi connectivity index (χ0v) is 15.1. The number of ether oxygens (including phenoxy) is 2. The fourth-order valence-corrected chi connectivity index (χ4v) is 4.44. The van der Waals surface area contributed by atoms with Crippen LogP contribution in [0.5, 0.6) is 0 Å². The largest absolute Gasteiger partial charge is 0.379 e. The number of hydrogen-bond donors (Lipinski definition) is 1. The van der Waals surface area contributed by atoms with Gasteiger partial charge < -0.3 is 14.8 Å². The van der Waals surface area contributed by atoms with E-state index in [2.05, 4.69) is 34.0 Å². The lowest BCUT2D eigenvalue weighted by atomic mass is 9.94. The summed E-state index contributed by atoms with van der Waals surface area (Å²) in [5, 5.41) is 4.72. The monoisotopic (exact) mass is 348 g/mol. The highest BCUT2D eigenvalue weighted by atomic mass is 32.1. The number of nitrogens with one attached hydrogen (secondary N) is 1. The Morgan fingerprint density at radius 2 is 2.12 bits per heavy atom. The average Bonchev–Trinajstić information content (AvgIpc) is 2.93. The van der Waals surface area contributed by atoms with Crippen LogP contribution in [0.25, 0.3) is 10.2 Å². The molecule has 4 rings (SSSR count). The summed E-state index contributed by atoms with van der Waals surface area (Å²) in [7, 11) is 0.